The Kier molecular flexibility index (Phi) is 18.5. The van der Waals surface area contributed by atoms with Crippen molar-refractivity contribution in [2.75, 3.05) is 11.5 Å². The molecular formula is C35H57IN2O2. The molecule has 226 valence electrons. The standard InChI is InChI=1S/C35H57N2O2.HI/c1-7-8-9-10-11-12-13-14-15-16-17-18-19-20-26-39-34-24-23-32(27-33(34)35(3,4)5)37(30(2)38)29-31-22-21-25-36(6)28-31;/h21-25,27-28H,7-20,26,29H2,1-6H3;1H/q+1;/p-1. The molecule has 0 unspecified atom stereocenters. The first-order chi connectivity index (χ1) is 18.7. The quantitative estimate of drug-likeness (QED) is 0.102. The Balaban J connectivity index is 0.00000800. The van der Waals surface area contributed by atoms with E-state index in [-0.39, 0.29) is 35.3 Å². The lowest BCUT2D eigenvalue weighted by atomic mass is 9.86. The third-order valence-electron chi connectivity index (χ3n) is 7.56. The van der Waals surface area contributed by atoms with Crippen LogP contribution in [0.5, 0.6) is 5.75 Å². The first kappa shape index (κ1) is 36.4. The number of hydrogen-bond donors (Lipinski definition) is 0. The number of benzene rings is 1. The second-order valence-corrected chi connectivity index (χ2v) is 12.4. The molecule has 5 heteroatoms. The zero-order chi connectivity index (χ0) is 28.5. The number of amides is 1. The predicted molar refractivity (Wildman–Crippen MR) is 165 cm³/mol. The summed E-state index contributed by atoms with van der Waals surface area (Å²) in [5.74, 6) is 0.980. The van der Waals surface area contributed by atoms with Crippen LogP contribution < -0.4 is 38.2 Å². The van der Waals surface area contributed by atoms with Gasteiger partial charge in [-0.15, -0.1) is 0 Å². The fourth-order valence-corrected chi connectivity index (χ4v) is 5.19. The normalized spacial score (nSPS) is 11.2. The van der Waals surface area contributed by atoms with Crippen molar-refractivity contribution in [1.29, 1.82) is 0 Å². The third kappa shape index (κ3) is 14.3. The molecular weight excluding hydrogens is 607 g/mol. The van der Waals surface area contributed by atoms with Gasteiger partial charge in [0, 0.05) is 29.8 Å². The van der Waals surface area contributed by atoms with Gasteiger partial charge in [0.05, 0.1) is 13.2 Å². The average Bonchev–Trinajstić information content (AvgIpc) is 2.89. The van der Waals surface area contributed by atoms with Gasteiger partial charge in [-0.25, -0.2) is 4.57 Å². The summed E-state index contributed by atoms with van der Waals surface area (Å²) < 4.78 is 8.31. The number of halogens is 1. The van der Waals surface area contributed by atoms with E-state index >= 15 is 0 Å². The zero-order valence-electron chi connectivity index (χ0n) is 26.4. The molecule has 0 aliphatic heterocycles. The molecule has 0 radical (unpaired) electrons. The molecule has 2 rings (SSSR count). The minimum absolute atomic E-state index is 0. The first-order valence-corrected chi connectivity index (χ1v) is 15.7. The molecule has 0 atom stereocenters. The second-order valence-electron chi connectivity index (χ2n) is 12.4. The van der Waals surface area contributed by atoms with Crippen LogP contribution in [0.3, 0.4) is 0 Å². The molecule has 1 amide bonds. The Labute approximate surface area is 263 Å². The molecule has 1 heterocycles. The minimum atomic E-state index is -0.0809. The summed E-state index contributed by atoms with van der Waals surface area (Å²) in [4.78, 5) is 14.4. The highest BCUT2D eigenvalue weighted by Crippen LogP contribution is 2.35. The fourth-order valence-electron chi connectivity index (χ4n) is 5.19. The van der Waals surface area contributed by atoms with E-state index in [1.807, 2.05) is 34.8 Å². The van der Waals surface area contributed by atoms with E-state index < -0.39 is 0 Å². The van der Waals surface area contributed by atoms with E-state index in [9.17, 15) is 4.79 Å². The smallest absolute Gasteiger partial charge is 0.224 e. The molecule has 0 spiro atoms. The summed E-state index contributed by atoms with van der Waals surface area (Å²) in [5.41, 5.74) is 3.09. The number of unbranched alkanes of at least 4 members (excludes halogenated alkanes) is 13. The van der Waals surface area contributed by atoms with Crippen molar-refractivity contribution in [2.24, 2.45) is 7.05 Å². The number of carbonyl (C=O) groups is 1. The maximum atomic E-state index is 12.6. The summed E-state index contributed by atoms with van der Waals surface area (Å²) in [6.45, 7) is 11.8. The van der Waals surface area contributed by atoms with Crippen LogP contribution in [-0.2, 0) is 23.8 Å². The SMILES string of the molecule is CCCCCCCCCCCCCCCCOc1ccc(N(Cc2ccc[n+](C)c2)C(C)=O)cc1C(C)(C)C.[I-]. The lowest BCUT2D eigenvalue weighted by Gasteiger charge is -2.27. The summed E-state index contributed by atoms with van der Waals surface area (Å²) in [5, 5.41) is 0. The maximum Gasteiger partial charge on any atom is 0.224 e. The first-order valence-electron chi connectivity index (χ1n) is 15.7. The number of aryl methyl sites for hydroxylation is 1. The molecule has 0 aliphatic rings. The van der Waals surface area contributed by atoms with E-state index in [0.29, 0.717) is 6.54 Å². The molecule has 0 bridgehead atoms. The van der Waals surface area contributed by atoms with Gasteiger partial charge in [-0.2, -0.15) is 0 Å². The van der Waals surface area contributed by atoms with E-state index in [1.54, 1.807) is 6.92 Å². The van der Waals surface area contributed by atoms with Gasteiger partial charge in [0.2, 0.25) is 5.91 Å². The molecule has 0 saturated heterocycles. The molecule has 0 saturated carbocycles. The van der Waals surface area contributed by atoms with Gasteiger partial charge in [0.1, 0.15) is 12.8 Å². The topological polar surface area (TPSA) is 33.4 Å². The summed E-state index contributed by atoms with van der Waals surface area (Å²) in [6.07, 6.45) is 23.1. The van der Waals surface area contributed by atoms with Crippen molar-refractivity contribution in [1.82, 2.24) is 0 Å². The largest absolute Gasteiger partial charge is 1.00 e. The number of ether oxygens (including phenoxy) is 1. The summed E-state index contributed by atoms with van der Waals surface area (Å²) in [7, 11) is 2.00. The Morgan fingerprint density at radius 2 is 1.40 bits per heavy atom. The Morgan fingerprint density at radius 3 is 1.90 bits per heavy atom. The molecule has 0 N–H and O–H groups in total. The average molecular weight is 665 g/mol. The monoisotopic (exact) mass is 664 g/mol. The molecule has 2 aromatic rings. The second kappa shape index (κ2) is 20.3. The van der Waals surface area contributed by atoms with Crippen molar-refractivity contribution in [2.45, 2.75) is 136 Å². The van der Waals surface area contributed by atoms with Gasteiger partial charge < -0.3 is 33.6 Å². The van der Waals surface area contributed by atoms with Crippen molar-refractivity contribution >= 4 is 11.6 Å². The number of carbonyl (C=O) groups excluding carboxylic acids is 1. The number of anilines is 1. The third-order valence-corrected chi connectivity index (χ3v) is 7.56. The van der Waals surface area contributed by atoms with Crippen LogP contribution in [-0.4, -0.2) is 12.5 Å². The van der Waals surface area contributed by atoms with Crippen molar-refractivity contribution < 1.29 is 38.1 Å². The van der Waals surface area contributed by atoms with Gasteiger partial charge >= 0.3 is 0 Å². The lowest BCUT2D eigenvalue weighted by molar-refractivity contribution is -0.671. The molecule has 40 heavy (non-hydrogen) atoms. The Hall–Kier alpha value is -1.63. The van der Waals surface area contributed by atoms with E-state index in [0.717, 1.165) is 35.6 Å². The Morgan fingerprint density at radius 1 is 0.850 bits per heavy atom. The van der Waals surface area contributed by atoms with Gasteiger partial charge in [0.15, 0.2) is 12.4 Å². The van der Waals surface area contributed by atoms with Gasteiger partial charge in [-0.05, 0) is 36.1 Å². The van der Waals surface area contributed by atoms with Crippen molar-refractivity contribution in [3.8, 4) is 5.75 Å². The zero-order valence-corrected chi connectivity index (χ0v) is 28.6. The van der Waals surface area contributed by atoms with Crippen LogP contribution in [0.4, 0.5) is 5.69 Å². The maximum absolute atomic E-state index is 12.6. The van der Waals surface area contributed by atoms with E-state index in [1.165, 1.54) is 83.5 Å². The summed E-state index contributed by atoms with van der Waals surface area (Å²) in [6, 6.07) is 10.3. The van der Waals surface area contributed by atoms with Crippen LogP contribution in [0.15, 0.2) is 42.7 Å². The van der Waals surface area contributed by atoms with Crippen LogP contribution in [0.1, 0.15) is 136 Å². The highest BCUT2D eigenvalue weighted by molar-refractivity contribution is 5.91. The number of pyridine rings is 1. The molecule has 4 nitrogen and oxygen atoms in total. The molecule has 0 aliphatic carbocycles. The van der Waals surface area contributed by atoms with Crippen LogP contribution in [0.2, 0.25) is 0 Å². The highest BCUT2D eigenvalue weighted by atomic mass is 127. The van der Waals surface area contributed by atoms with Gasteiger partial charge in [0.25, 0.3) is 0 Å². The molecule has 1 aromatic carbocycles. The predicted octanol–water partition coefficient (Wildman–Crippen LogP) is 6.23. The number of nitrogens with zero attached hydrogens (tertiary/aromatic N) is 2. The van der Waals surface area contributed by atoms with Crippen molar-refractivity contribution in [3.05, 3.63) is 53.9 Å². The van der Waals surface area contributed by atoms with Gasteiger partial charge in [-0.1, -0.05) is 111 Å². The van der Waals surface area contributed by atoms with Crippen LogP contribution >= 0.6 is 0 Å². The summed E-state index contributed by atoms with van der Waals surface area (Å²) >= 11 is 0. The van der Waals surface area contributed by atoms with E-state index in [4.69, 9.17) is 4.74 Å². The molecule has 0 fully saturated rings. The highest BCUT2D eigenvalue weighted by Gasteiger charge is 2.22. The van der Waals surface area contributed by atoms with Crippen molar-refractivity contribution in [3.63, 3.8) is 0 Å². The molecule has 1 aromatic heterocycles. The van der Waals surface area contributed by atoms with Crippen LogP contribution in [0, 0.1) is 0 Å². The number of hydrogen-bond acceptors (Lipinski definition) is 2. The number of aromatic nitrogens is 1. The van der Waals surface area contributed by atoms with Crippen LogP contribution in [0.25, 0.3) is 0 Å². The number of rotatable bonds is 19. The van der Waals surface area contributed by atoms with E-state index in [2.05, 4.69) is 52.1 Å². The fraction of sp³-hybridized carbons (Fsp3) is 0.657. The van der Waals surface area contributed by atoms with Gasteiger partial charge in [-0.3, -0.25) is 4.79 Å². The minimum Gasteiger partial charge on any atom is -1.00 e. The lowest BCUT2D eigenvalue weighted by Crippen LogP contribution is -3.00. The Bertz CT molecular complexity index is 970.